The third kappa shape index (κ3) is 7.97. The van der Waals surface area contributed by atoms with Gasteiger partial charge in [-0.15, -0.1) is 0 Å². The first-order valence-electron chi connectivity index (χ1n) is 12.2. The quantitative estimate of drug-likeness (QED) is 0.329. The Hall–Kier alpha value is -4.06. The van der Waals surface area contributed by atoms with Gasteiger partial charge in [0.25, 0.3) is 5.91 Å². The number of nitrogens with zero attached hydrogens (tertiary/aromatic N) is 2. The second-order valence-corrected chi connectivity index (χ2v) is 9.26. The van der Waals surface area contributed by atoms with Gasteiger partial charge in [0.1, 0.15) is 5.75 Å². The molecule has 1 N–H and O–H groups in total. The lowest BCUT2D eigenvalue weighted by molar-refractivity contribution is -0.138. The molecule has 200 valence electrons. The number of hydrogen-bond acceptors (Lipinski definition) is 5. The monoisotopic (exact) mass is 525 g/mol. The Bertz CT molecular complexity index is 1250. The fourth-order valence-electron chi connectivity index (χ4n) is 3.85. The highest BCUT2D eigenvalue weighted by atomic mass is 19.4. The Morgan fingerprint density at radius 1 is 1.11 bits per heavy atom. The molecule has 0 aliphatic carbocycles. The highest BCUT2D eigenvalue weighted by Gasteiger charge is 2.33. The van der Waals surface area contributed by atoms with Crippen LogP contribution >= 0.6 is 0 Å². The largest absolute Gasteiger partial charge is 0.494 e. The maximum absolute atomic E-state index is 13.0. The van der Waals surface area contributed by atoms with Gasteiger partial charge in [0.15, 0.2) is 5.60 Å². The molecular formula is C29H30F3N3O3. The van der Waals surface area contributed by atoms with Crippen molar-refractivity contribution in [2.45, 2.75) is 51.3 Å². The van der Waals surface area contributed by atoms with Crippen molar-refractivity contribution in [3.63, 3.8) is 0 Å². The van der Waals surface area contributed by atoms with Crippen molar-refractivity contribution in [2.75, 3.05) is 13.2 Å². The average molecular weight is 526 g/mol. The smallest absolute Gasteiger partial charge is 0.417 e. The second-order valence-electron chi connectivity index (χ2n) is 9.26. The number of rotatable bonds is 11. The molecule has 9 heteroatoms. The van der Waals surface area contributed by atoms with Gasteiger partial charge in [0.05, 0.1) is 23.8 Å². The maximum Gasteiger partial charge on any atom is 0.417 e. The summed E-state index contributed by atoms with van der Waals surface area (Å²) >= 11 is 0. The summed E-state index contributed by atoms with van der Waals surface area (Å²) in [4.78, 5) is 16.7. The van der Waals surface area contributed by atoms with Crippen molar-refractivity contribution in [3.8, 4) is 17.7 Å². The first-order valence-corrected chi connectivity index (χ1v) is 12.2. The normalized spacial score (nSPS) is 12.3. The SMILES string of the molecule is CCOc1ccc(CC[C@H](CNC(=O)C(C)(C)Oc2ccc(C(F)(F)F)cn2)c2cccc(C#N)c2)cc1. The summed E-state index contributed by atoms with van der Waals surface area (Å²) < 4.78 is 49.5. The van der Waals surface area contributed by atoms with Crippen LogP contribution in [0.25, 0.3) is 0 Å². The van der Waals surface area contributed by atoms with Crippen molar-refractivity contribution in [2.24, 2.45) is 0 Å². The summed E-state index contributed by atoms with van der Waals surface area (Å²) in [5.74, 6) is 0.166. The van der Waals surface area contributed by atoms with Crippen LogP contribution in [0, 0.1) is 11.3 Å². The number of nitrogens with one attached hydrogen (secondary N) is 1. The van der Waals surface area contributed by atoms with Crippen LogP contribution in [0.3, 0.4) is 0 Å². The molecule has 0 unspecified atom stereocenters. The minimum atomic E-state index is -4.51. The summed E-state index contributed by atoms with van der Waals surface area (Å²) in [6.07, 6.45) is -2.41. The lowest BCUT2D eigenvalue weighted by Gasteiger charge is -2.26. The summed E-state index contributed by atoms with van der Waals surface area (Å²) in [6, 6.07) is 19.2. The van der Waals surface area contributed by atoms with E-state index in [-0.39, 0.29) is 18.3 Å². The molecule has 1 atom stereocenters. The maximum atomic E-state index is 13.0. The molecule has 0 bridgehead atoms. The van der Waals surface area contributed by atoms with Gasteiger partial charge >= 0.3 is 6.18 Å². The number of alkyl halides is 3. The van der Waals surface area contributed by atoms with E-state index in [9.17, 15) is 23.2 Å². The molecular weight excluding hydrogens is 495 g/mol. The number of carbonyl (C=O) groups excluding carboxylic acids is 1. The molecule has 1 amide bonds. The number of nitriles is 1. The molecule has 1 aromatic heterocycles. The van der Waals surface area contributed by atoms with E-state index >= 15 is 0 Å². The molecule has 38 heavy (non-hydrogen) atoms. The van der Waals surface area contributed by atoms with Gasteiger partial charge in [-0.25, -0.2) is 4.98 Å². The van der Waals surface area contributed by atoms with Gasteiger partial charge in [0, 0.05) is 24.7 Å². The van der Waals surface area contributed by atoms with Crippen LogP contribution in [0.1, 0.15) is 55.4 Å². The van der Waals surface area contributed by atoms with Crippen molar-refractivity contribution >= 4 is 5.91 Å². The minimum absolute atomic E-state index is 0.0908. The number of amides is 1. The number of pyridine rings is 1. The molecule has 0 aliphatic heterocycles. The van der Waals surface area contributed by atoms with E-state index in [1.54, 1.807) is 6.07 Å². The van der Waals surface area contributed by atoms with Crippen molar-refractivity contribution < 1.29 is 27.4 Å². The summed E-state index contributed by atoms with van der Waals surface area (Å²) in [5, 5.41) is 12.2. The number of aromatic nitrogens is 1. The first kappa shape index (κ1) is 28.5. The van der Waals surface area contributed by atoms with Gasteiger partial charge in [-0.2, -0.15) is 18.4 Å². The highest BCUT2D eigenvalue weighted by molar-refractivity contribution is 5.84. The molecule has 0 aliphatic rings. The van der Waals surface area contributed by atoms with Gasteiger partial charge in [-0.3, -0.25) is 4.79 Å². The molecule has 0 spiro atoms. The number of hydrogen-bond donors (Lipinski definition) is 1. The van der Waals surface area contributed by atoms with Crippen LogP contribution in [-0.2, 0) is 17.4 Å². The van der Waals surface area contributed by atoms with Crippen LogP contribution in [0.5, 0.6) is 11.6 Å². The zero-order chi connectivity index (χ0) is 27.8. The van der Waals surface area contributed by atoms with Crippen LogP contribution < -0.4 is 14.8 Å². The third-order valence-electron chi connectivity index (χ3n) is 5.98. The molecule has 1 heterocycles. The fourth-order valence-corrected chi connectivity index (χ4v) is 3.85. The van der Waals surface area contributed by atoms with E-state index in [0.717, 1.165) is 35.4 Å². The van der Waals surface area contributed by atoms with Gasteiger partial charge in [0.2, 0.25) is 5.88 Å². The average Bonchev–Trinajstić information content (AvgIpc) is 2.89. The van der Waals surface area contributed by atoms with Crippen LogP contribution in [0.15, 0.2) is 66.9 Å². The first-order chi connectivity index (χ1) is 18.0. The van der Waals surface area contributed by atoms with Crippen LogP contribution in [0.2, 0.25) is 0 Å². The zero-order valence-corrected chi connectivity index (χ0v) is 21.5. The Kier molecular flexibility index (Phi) is 9.35. The Morgan fingerprint density at radius 2 is 1.84 bits per heavy atom. The Balaban J connectivity index is 1.68. The van der Waals surface area contributed by atoms with Crippen molar-refractivity contribution in [1.29, 1.82) is 5.26 Å². The Morgan fingerprint density at radius 3 is 2.45 bits per heavy atom. The van der Waals surface area contributed by atoms with Crippen LogP contribution in [-0.4, -0.2) is 29.6 Å². The van der Waals surface area contributed by atoms with E-state index in [0.29, 0.717) is 24.8 Å². The number of benzene rings is 2. The van der Waals surface area contributed by atoms with Crippen LogP contribution in [0.4, 0.5) is 13.2 Å². The fraction of sp³-hybridized carbons (Fsp3) is 0.345. The lowest BCUT2D eigenvalue weighted by atomic mass is 9.91. The van der Waals surface area contributed by atoms with E-state index in [2.05, 4.69) is 16.4 Å². The van der Waals surface area contributed by atoms with Gasteiger partial charge in [-0.1, -0.05) is 24.3 Å². The molecule has 0 saturated heterocycles. The molecule has 3 rings (SSSR count). The number of ether oxygens (including phenoxy) is 2. The minimum Gasteiger partial charge on any atom is -0.494 e. The number of halogens is 3. The zero-order valence-electron chi connectivity index (χ0n) is 21.5. The topological polar surface area (TPSA) is 84.2 Å². The summed E-state index contributed by atoms with van der Waals surface area (Å²) in [7, 11) is 0. The van der Waals surface area contributed by atoms with Crippen molar-refractivity contribution in [3.05, 3.63) is 89.1 Å². The van der Waals surface area contributed by atoms with Crippen molar-refractivity contribution in [1.82, 2.24) is 10.3 Å². The molecule has 2 aromatic carbocycles. The molecule has 6 nitrogen and oxygen atoms in total. The van der Waals surface area contributed by atoms with E-state index < -0.39 is 23.2 Å². The van der Waals surface area contributed by atoms with Gasteiger partial charge < -0.3 is 14.8 Å². The molecule has 0 radical (unpaired) electrons. The number of carbonyl (C=O) groups is 1. The van der Waals surface area contributed by atoms with E-state index in [1.165, 1.54) is 13.8 Å². The van der Waals surface area contributed by atoms with E-state index in [1.807, 2.05) is 49.4 Å². The lowest BCUT2D eigenvalue weighted by Crippen LogP contribution is -2.47. The predicted molar refractivity (Wildman–Crippen MR) is 137 cm³/mol. The summed E-state index contributed by atoms with van der Waals surface area (Å²) in [6.45, 7) is 5.83. The summed E-state index contributed by atoms with van der Waals surface area (Å²) in [5.41, 5.74) is 0.261. The Labute approximate surface area is 220 Å². The molecule has 0 saturated carbocycles. The van der Waals surface area contributed by atoms with Gasteiger partial charge in [-0.05, 0) is 75.1 Å². The predicted octanol–water partition coefficient (Wildman–Crippen LogP) is 6.06. The second kappa shape index (κ2) is 12.5. The molecule has 0 fully saturated rings. The standard InChI is InChI=1S/C29H30F3N3O3/c1-4-37-25-13-9-20(10-14-25)8-11-23(22-7-5-6-21(16-22)17-33)18-35-27(36)28(2,3)38-26-15-12-24(19-34-26)29(30,31)32/h5-7,9-10,12-16,19,23H,4,8,11,18H2,1-3H3,(H,35,36)/t23-/m1/s1. The highest BCUT2D eigenvalue weighted by Crippen LogP contribution is 2.30. The molecule has 3 aromatic rings. The van der Waals surface area contributed by atoms with E-state index in [4.69, 9.17) is 9.47 Å². The third-order valence-corrected chi connectivity index (χ3v) is 5.98. The number of aryl methyl sites for hydroxylation is 1.